The van der Waals surface area contributed by atoms with Crippen LogP contribution in [0.3, 0.4) is 0 Å². The number of esters is 1. The number of rotatable bonds is 5. The summed E-state index contributed by atoms with van der Waals surface area (Å²) < 4.78 is 19.1. The number of hydrogen-bond donors (Lipinski definition) is 1. The number of benzene rings is 1. The van der Waals surface area contributed by atoms with Crippen LogP contribution >= 0.6 is 15.9 Å². The molecule has 116 valence electrons. The summed E-state index contributed by atoms with van der Waals surface area (Å²) in [6, 6.07) is 4.67. The van der Waals surface area contributed by atoms with Gasteiger partial charge in [0.15, 0.2) is 0 Å². The zero-order valence-electron chi connectivity index (χ0n) is 12.4. The van der Waals surface area contributed by atoms with E-state index in [0.717, 1.165) is 12.8 Å². The van der Waals surface area contributed by atoms with E-state index in [-0.39, 0.29) is 17.8 Å². The van der Waals surface area contributed by atoms with Gasteiger partial charge in [0.2, 0.25) is 0 Å². The fourth-order valence-electron chi connectivity index (χ4n) is 2.90. The maximum Gasteiger partial charge on any atom is 0.330 e. The molecule has 0 heterocycles. The number of carbonyl (C=O) groups is 1. The summed E-state index contributed by atoms with van der Waals surface area (Å²) >= 11 is 3.36. The van der Waals surface area contributed by atoms with Crippen molar-refractivity contribution in [2.24, 2.45) is 0 Å². The Bertz CT molecular complexity index is 517. The monoisotopic (exact) mass is 357 g/mol. The Morgan fingerprint density at radius 3 is 2.71 bits per heavy atom. The third-order valence-electron chi connectivity index (χ3n) is 4.00. The smallest absolute Gasteiger partial charge is 0.330 e. The fourth-order valence-corrected chi connectivity index (χ4v) is 3.64. The molecular weight excluding hydrogens is 337 g/mol. The van der Waals surface area contributed by atoms with Crippen LogP contribution in [0.2, 0.25) is 0 Å². The van der Waals surface area contributed by atoms with Crippen LogP contribution < -0.4 is 5.32 Å². The minimum absolute atomic E-state index is 0.288. The summed E-state index contributed by atoms with van der Waals surface area (Å²) in [5, 5.41) is 3.43. The van der Waals surface area contributed by atoms with Gasteiger partial charge in [0.05, 0.1) is 6.61 Å². The molecule has 1 unspecified atom stereocenters. The van der Waals surface area contributed by atoms with E-state index in [1.807, 2.05) is 0 Å². The molecule has 0 saturated heterocycles. The number of nitrogens with one attached hydrogen (secondary N) is 1. The molecule has 1 saturated carbocycles. The van der Waals surface area contributed by atoms with Crippen LogP contribution in [0.15, 0.2) is 22.7 Å². The number of ether oxygens (including phenoxy) is 1. The molecule has 1 atom stereocenters. The molecule has 0 aromatic heterocycles. The van der Waals surface area contributed by atoms with Gasteiger partial charge in [-0.3, -0.25) is 5.32 Å². The molecule has 1 aliphatic rings. The second-order valence-electron chi connectivity index (χ2n) is 5.60. The van der Waals surface area contributed by atoms with Crippen LogP contribution in [0.1, 0.15) is 45.1 Å². The van der Waals surface area contributed by atoms with Crippen molar-refractivity contribution >= 4 is 21.9 Å². The summed E-state index contributed by atoms with van der Waals surface area (Å²) in [5.41, 5.74) is -0.272. The molecule has 0 radical (unpaired) electrons. The van der Waals surface area contributed by atoms with Crippen LogP contribution in [-0.2, 0) is 15.1 Å². The molecule has 1 aromatic carbocycles. The van der Waals surface area contributed by atoms with Crippen molar-refractivity contribution in [1.29, 1.82) is 0 Å². The zero-order valence-corrected chi connectivity index (χ0v) is 14.0. The highest BCUT2D eigenvalue weighted by molar-refractivity contribution is 9.10. The molecule has 1 aliphatic carbocycles. The second kappa shape index (κ2) is 6.88. The van der Waals surface area contributed by atoms with Crippen molar-refractivity contribution in [3.63, 3.8) is 0 Å². The Morgan fingerprint density at radius 1 is 1.48 bits per heavy atom. The molecular formula is C16H21BrFNO2. The standard InChI is InChI=1S/C16H21BrFNO2/c1-3-21-15(20)16(2,19-12-6-4-5-7-12)13-9-8-11(18)10-14(13)17/h8-10,12,19H,3-7H2,1-2H3. The minimum atomic E-state index is -0.975. The lowest BCUT2D eigenvalue weighted by molar-refractivity contribution is -0.151. The van der Waals surface area contributed by atoms with Gasteiger partial charge < -0.3 is 4.74 Å². The van der Waals surface area contributed by atoms with Gasteiger partial charge in [-0.25, -0.2) is 9.18 Å². The van der Waals surface area contributed by atoms with Crippen LogP contribution in [-0.4, -0.2) is 18.6 Å². The van der Waals surface area contributed by atoms with E-state index in [1.165, 1.54) is 25.0 Å². The van der Waals surface area contributed by atoms with Gasteiger partial charge in [0.1, 0.15) is 11.4 Å². The lowest BCUT2D eigenvalue weighted by atomic mass is 9.90. The third-order valence-corrected chi connectivity index (χ3v) is 4.66. The van der Waals surface area contributed by atoms with Gasteiger partial charge in [0, 0.05) is 10.5 Å². The molecule has 0 amide bonds. The number of halogens is 2. The van der Waals surface area contributed by atoms with E-state index >= 15 is 0 Å². The van der Waals surface area contributed by atoms with Gasteiger partial charge in [-0.1, -0.05) is 34.8 Å². The molecule has 0 spiro atoms. The van der Waals surface area contributed by atoms with E-state index in [2.05, 4.69) is 21.2 Å². The van der Waals surface area contributed by atoms with Crippen molar-refractivity contribution in [3.8, 4) is 0 Å². The van der Waals surface area contributed by atoms with Crippen molar-refractivity contribution in [3.05, 3.63) is 34.1 Å². The predicted octanol–water partition coefficient (Wildman–Crippen LogP) is 3.90. The van der Waals surface area contributed by atoms with Crippen molar-refractivity contribution in [2.75, 3.05) is 6.61 Å². The maximum absolute atomic E-state index is 13.3. The molecule has 0 aliphatic heterocycles. The van der Waals surface area contributed by atoms with E-state index in [0.29, 0.717) is 16.6 Å². The van der Waals surface area contributed by atoms with E-state index in [1.54, 1.807) is 19.9 Å². The van der Waals surface area contributed by atoms with Gasteiger partial charge >= 0.3 is 5.97 Å². The average molecular weight is 358 g/mol. The minimum Gasteiger partial charge on any atom is -0.464 e. The maximum atomic E-state index is 13.3. The molecule has 1 fully saturated rings. The number of carbonyl (C=O) groups excluding carboxylic acids is 1. The van der Waals surface area contributed by atoms with Gasteiger partial charge in [0.25, 0.3) is 0 Å². The second-order valence-corrected chi connectivity index (χ2v) is 6.45. The molecule has 1 N–H and O–H groups in total. The molecule has 5 heteroatoms. The van der Waals surface area contributed by atoms with Crippen molar-refractivity contribution < 1.29 is 13.9 Å². The van der Waals surface area contributed by atoms with Crippen LogP contribution in [0, 0.1) is 5.82 Å². The topological polar surface area (TPSA) is 38.3 Å². The Hall–Kier alpha value is -0.940. The average Bonchev–Trinajstić information content (AvgIpc) is 2.91. The summed E-state index contributed by atoms with van der Waals surface area (Å²) in [4.78, 5) is 12.5. The third kappa shape index (κ3) is 3.64. The molecule has 2 rings (SSSR count). The first-order valence-electron chi connectivity index (χ1n) is 7.38. The van der Waals surface area contributed by atoms with Gasteiger partial charge in [-0.15, -0.1) is 0 Å². The summed E-state index contributed by atoms with van der Waals surface area (Å²) in [5.74, 6) is -0.665. The zero-order chi connectivity index (χ0) is 15.5. The number of hydrogen-bond acceptors (Lipinski definition) is 3. The lowest BCUT2D eigenvalue weighted by Crippen LogP contribution is -2.51. The van der Waals surface area contributed by atoms with E-state index in [4.69, 9.17) is 4.74 Å². The van der Waals surface area contributed by atoms with Crippen molar-refractivity contribution in [2.45, 2.75) is 51.1 Å². The van der Waals surface area contributed by atoms with Crippen molar-refractivity contribution in [1.82, 2.24) is 5.32 Å². The first kappa shape index (κ1) is 16.4. The SMILES string of the molecule is CCOC(=O)C(C)(NC1CCCC1)c1ccc(F)cc1Br. The first-order chi connectivity index (χ1) is 9.97. The van der Waals surface area contributed by atoms with Crippen LogP contribution in [0.25, 0.3) is 0 Å². The molecule has 1 aromatic rings. The predicted molar refractivity (Wildman–Crippen MR) is 83.5 cm³/mol. The first-order valence-corrected chi connectivity index (χ1v) is 8.17. The highest BCUT2D eigenvalue weighted by atomic mass is 79.9. The Morgan fingerprint density at radius 2 is 2.14 bits per heavy atom. The van der Waals surface area contributed by atoms with E-state index < -0.39 is 5.54 Å². The fraction of sp³-hybridized carbons (Fsp3) is 0.562. The van der Waals surface area contributed by atoms with Gasteiger partial charge in [-0.05, 0) is 44.4 Å². The summed E-state index contributed by atoms with van der Waals surface area (Å²) in [6.45, 7) is 3.91. The highest BCUT2D eigenvalue weighted by Crippen LogP contribution is 2.33. The lowest BCUT2D eigenvalue weighted by Gasteiger charge is -2.33. The molecule has 21 heavy (non-hydrogen) atoms. The summed E-state index contributed by atoms with van der Waals surface area (Å²) in [7, 11) is 0. The Balaban J connectivity index is 2.35. The molecule has 0 bridgehead atoms. The van der Waals surface area contributed by atoms with E-state index in [9.17, 15) is 9.18 Å². The quantitative estimate of drug-likeness (QED) is 0.812. The summed E-state index contributed by atoms with van der Waals surface area (Å²) in [6.07, 6.45) is 4.43. The molecule has 3 nitrogen and oxygen atoms in total. The Kier molecular flexibility index (Phi) is 5.38. The van der Waals surface area contributed by atoms with Crippen LogP contribution in [0.4, 0.5) is 4.39 Å². The van der Waals surface area contributed by atoms with Gasteiger partial charge in [-0.2, -0.15) is 0 Å². The van der Waals surface area contributed by atoms with Crippen LogP contribution in [0.5, 0.6) is 0 Å². The highest BCUT2D eigenvalue weighted by Gasteiger charge is 2.40. The Labute approximate surface area is 133 Å². The largest absolute Gasteiger partial charge is 0.464 e. The normalized spacial score (nSPS) is 18.5.